The van der Waals surface area contributed by atoms with Crippen molar-refractivity contribution in [1.82, 2.24) is 15.0 Å². The lowest BCUT2D eigenvalue weighted by Gasteiger charge is -2.14. The van der Waals surface area contributed by atoms with Crippen LogP contribution in [0.4, 0.5) is 0 Å². The molecular formula is C15H9Cl6N3O2. The van der Waals surface area contributed by atoms with Crippen molar-refractivity contribution >= 4 is 88.0 Å². The number of aldehydes is 1. The second-order valence-corrected chi connectivity index (χ2v) is 9.28. The zero-order valence-corrected chi connectivity index (χ0v) is 17.2. The van der Waals surface area contributed by atoms with Gasteiger partial charge in [0, 0.05) is 0 Å². The van der Waals surface area contributed by atoms with Gasteiger partial charge in [0.1, 0.15) is 12.4 Å². The Balaban J connectivity index is 2.30. The third-order valence-corrected chi connectivity index (χ3v) is 3.80. The van der Waals surface area contributed by atoms with Crippen molar-refractivity contribution in [3.63, 3.8) is 0 Å². The molecule has 0 radical (unpaired) electrons. The maximum atomic E-state index is 10.3. The van der Waals surface area contributed by atoms with Crippen LogP contribution in [0.1, 0.15) is 23.0 Å². The molecule has 5 nitrogen and oxygen atoms in total. The Kier molecular flexibility index (Phi) is 7.36. The maximum absolute atomic E-state index is 10.3. The number of aromatic nitrogens is 3. The smallest absolute Gasteiger partial charge is 0.250 e. The van der Waals surface area contributed by atoms with E-state index in [9.17, 15) is 4.79 Å². The zero-order chi connectivity index (χ0) is 19.4. The number of hydrogen-bond donors (Lipinski definition) is 0. The van der Waals surface area contributed by atoms with Crippen LogP contribution in [-0.4, -0.2) is 27.8 Å². The van der Waals surface area contributed by atoms with Crippen LogP contribution in [0.2, 0.25) is 0 Å². The molecule has 0 atom stereocenters. The number of ether oxygens (including phenoxy) is 1. The van der Waals surface area contributed by atoms with E-state index < -0.39 is 7.59 Å². The van der Waals surface area contributed by atoms with Crippen LogP contribution < -0.4 is 4.74 Å². The summed E-state index contributed by atoms with van der Waals surface area (Å²) in [5.74, 6) is 0.363. The Morgan fingerprint density at radius 2 is 1.38 bits per heavy atom. The zero-order valence-electron chi connectivity index (χ0n) is 12.7. The van der Waals surface area contributed by atoms with Crippen LogP contribution in [-0.2, 0) is 12.4 Å². The fourth-order valence-electron chi connectivity index (χ4n) is 1.70. The first-order valence-electron chi connectivity index (χ1n) is 6.84. The van der Waals surface area contributed by atoms with E-state index in [2.05, 4.69) is 15.0 Å². The van der Waals surface area contributed by atoms with E-state index in [1.54, 1.807) is 36.4 Å². The van der Waals surface area contributed by atoms with E-state index in [-0.39, 0.29) is 24.1 Å². The molecule has 0 N–H and O–H groups in total. The van der Waals surface area contributed by atoms with Gasteiger partial charge in [-0.1, -0.05) is 87.8 Å². The molecule has 0 fully saturated rings. The molecule has 1 aromatic carbocycles. The van der Waals surface area contributed by atoms with Crippen LogP contribution >= 0.6 is 69.6 Å². The van der Waals surface area contributed by atoms with Crippen LogP contribution in [0, 0.1) is 0 Å². The molecule has 0 saturated heterocycles. The van der Waals surface area contributed by atoms with Crippen molar-refractivity contribution < 1.29 is 9.53 Å². The van der Waals surface area contributed by atoms with Gasteiger partial charge >= 0.3 is 0 Å². The van der Waals surface area contributed by atoms with Gasteiger partial charge in [-0.25, -0.2) is 15.0 Å². The van der Waals surface area contributed by atoms with Crippen molar-refractivity contribution in [2.24, 2.45) is 0 Å². The highest BCUT2D eigenvalue weighted by Gasteiger charge is 2.33. The van der Waals surface area contributed by atoms with Crippen LogP contribution in [0.5, 0.6) is 5.75 Å². The largest absolute Gasteiger partial charge is 0.486 e. The molecule has 1 heterocycles. The number of carbonyl (C=O) groups is 1. The summed E-state index contributed by atoms with van der Waals surface area (Å²) in [5, 5.41) is 0. The van der Waals surface area contributed by atoms with Crippen LogP contribution in [0.25, 0.3) is 12.2 Å². The summed E-state index contributed by atoms with van der Waals surface area (Å²) < 4.78 is 1.35. The van der Waals surface area contributed by atoms with Gasteiger partial charge in [-0.05, 0) is 23.8 Å². The summed E-state index contributed by atoms with van der Waals surface area (Å²) in [6, 6.07) is 6.94. The summed E-state index contributed by atoms with van der Waals surface area (Å²) in [5.41, 5.74) is 0.801. The summed E-state index contributed by atoms with van der Waals surface area (Å²) >= 11 is 34.9. The normalized spacial score (nSPS) is 12.4. The summed E-state index contributed by atoms with van der Waals surface area (Å²) in [6.45, 7) is -0.0142. The molecule has 0 aliphatic heterocycles. The molecule has 1 aromatic heterocycles. The third-order valence-electron chi connectivity index (χ3n) is 2.78. The average molecular weight is 476 g/mol. The Morgan fingerprint density at radius 3 is 1.85 bits per heavy atom. The predicted molar refractivity (Wildman–Crippen MR) is 105 cm³/mol. The molecule has 0 bridgehead atoms. The van der Waals surface area contributed by atoms with Gasteiger partial charge in [-0.15, -0.1) is 0 Å². The highest BCUT2D eigenvalue weighted by molar-refractivity contribution is 6.67. The first kappa shape index (κ1) is 21.5. The van der Waals surface area contributed by atoms with Crippen molar-refractivity contribution in [3.05, 3.63) is 47.3 Å². The highest BCUT2D eigenvalue weighted by Crippen LogP contribution is 2.39. The molecule has 0 spiro atoms. The number of halogens is 6. The number of rotatable bonds is 5. The quantitative estimate of drug-likeness (QED) is 0.435. The predicted octanol–water partition coefficient (Wildman–Crippen LogP) is 5.27. The molecule has 138 valence electrons. The Hall–Kier alpha value is -0.820. The Labute approximate surface area is 179 Å². The van der Waals surface area contributed by atoms with E-state index in [1.165, 1.54) is 0 Å². The van der Waals surface area contributed by atoms with E-state index in [0.29, 0.717) is 12.0 Å². The molecular weight excluding hydrogens is 467 g/mol. The molecule has 0 aliphatic rings. The number of benzene rings is 1. The minimum Gasteiger partial charge on any atom is -0.486 e. The summed E-state index contributed by atoms with van der Waals surface area (Å²) in [6.07, 6.45) is 3.91. The van der Waals surface area contributed by atoms with E-state index in [4.69, 9.17) is 74.3 Å². The maximum Gasteiger partial charge on any atom is 0.250 e. The van der Waals surface area contributed by atoms with Crippen LogP contribution in [0.15, 0.2) is 24.3 Å². The van der Waals surface area contributed by atoms with Gasteiger partial charge in [0.15, 0.2) is 23.8 Å². The van der Waals surface area contributed by atoms with Gasteiger partial charge in [-0.3, -0.25) is 4.79 Å². The van der Waals surface area contributed by atoms with Crippen molar-refractivity contribution in [2.45, 2.75) is 7.59 Å². The van der Waals surface area contributed by atoms with Gasteiger partial charge < -0.3 is 4.74 Å². The third kappa shape index (κ3) is 6.41. The van der Waals surface area contributed by atoms with Gasteiger partial charge in [0.05, 0.1) is 0 Å². The monoisotopic (exact) mass is 473 g/mol. The molecule has 0 saturated carbocycles. The Bertz CT molecular complexity index is 768. The fraction of sp³-hybridized carbons (Fsp3) is 0.200. The molecule has 26 heavy (non-hydrogen) atoms. The average Bonchev–Trinajstić information content (AvgIpc) is 2.57. The van der Waals surface area contributed by atoms with Crippen LogP contribution in [0.3, 0.4) is 0 Å². The number of alkyl halides is 6. The Morgan fingerprint density at radius 1 is 0.846 bits per heavy atom. The molecule has 2 rings (SSSR count). The van der Waals surface area contributed by atoms with E-state index in [1.807, 2.05) is 0 Å². The van der Waals surface area contributed by atoms with Gasteiger partial charge in [0.2, 0.25) is 7.59 Å². The SMILES string of the molecule is O=CCOc1ccc(C=Cc2nc(C(Cl)(Cl)Cl)nc(C(Cl)(Cl)Cl)n2)cc1. The standard InChI is InChI=1S/C15H9Cl6N3O2/c16-14(17,18)12-22-11(23-13(24-12)15(19,20)21)6-3-9-1-4-10(5-2-9)26-8-7-25/h1-7H,8H2. The van der Waals surface area contributed by atoms with Gasteiger partial charge in [0.25, 0.3) is 0 Å². The summed E-state index contributed by atoms with van der Waals surface area (Å²) in [4.78, 5) is 22.3. The number of nitrogens with zero attached hydrogens (tertiary/aromatic N) is 3. The van der Waals surface area contributed by atoms with Crippen molar-refractivity contribution in [1.29, 1.82) is 0 Å². The molecule has 11 heteroatoms. The molecule has 0 unspecified atom stereocenters. The van der Waals surface area contributed by atoms with Crippen molar-refractivity contribution in [2.75, 3.05) is 6.61 Å². The fourth-order valence-corrected chi connectivity index (χ4v) is 2.20. The molecule has 0 amide bonds. The van der Waals surface area contributed by atoms with Gasteiger partial charge in [-0.2, -0.15) is 0 Å². The second kappa shape index (κ2) is 8.91. The minimum atomic E-state index is -1.91. The summed E-state index contributed by atoms with van der Waals surface area (Å²) in [7, 11) is 0. The molecule has 2 aromatic rings. The lowest BCUT2D eigenvalue weighted by molar-refractivity contribution is -0.109. The van der Waals surface area contributed by atoms with E-state index in [0.717, 1.165) is 5.56 Å². The lowest BCUT2D eigenvalue weighted by atomic mass is 10.2. The van der Waals surface area contributed by atoms with Crippen molar-refractivity contribution in [3.8, 4) is 5.75 Å². The number of hydrogen-bond acceptors (Lipinski definition) is 5. The minimum absolute atomic E-state index is 0.0142. The number of carbonyl (C=O) groups excluding carboxylic acids is 1. The second-order valence-electron chi connectivity index (χ2n) is 4.72. The first-order chi connectivity index (χ1) is 12.1. The van der Waals surface area contributed by atoms with E-state index >= 15 is 0 Å². The first-order valence-corrected chi connectivity index (χ1v) is 9.11. The molecule has 0 aliphatic carbocycles. The topological polar surface area (TPSA) is 65.0 Å². The highest BCUT2D eigenvalue weighted by atomic mass is 35.6. The lowest BCUT2D eigenvalue weighted by Crippen LogP contribution is -2.16.